The molecule has 0 radical (unpaired) electrons. The van der Waals surface area contributed by atoms with Crippen molar-refractivity contribution in [1.29, 1.82) is 0 Å². The number of hydrogen-bond donors (Lipinski definition) is 1. The van der Waals surface area contributed by atoms with Gasteiger partial charge in [-0.05, 0) is 32.1 Å². The van der Waals surface area contributed by atoms with Gasteiger partial charge in [0.15, 0.2) is 0 Å². The van der Waals surface area contributed by atoms with Gasteiger partial charge in [0.1, 0.15) is 0 Å². The summed E-state index contributed by atoms with van der Waals surface area (Å²) in [5.74, 6) is 0.200. The summed E-state index contributed by atoms with van der Waals surface area (Å²) in [6, 6.07) is 0. The van der Waals surface area contributed by atoms with Gasteiger partial charge in [-0.3, -0.25) is 4.79 Å². The van der Waals surface area contributed by atoms with Gasteiger partial charge in [-0.15, -0.1) is 0 Å². The van der Waals surface area contributed by atoms with Crippen LogP contribution in [0.1, 0.15) is 32.1 Å². The van der Waals surface area contributed by atoms with Crippen molar-refractivity contribution in [2.75, 3.05) is 6.54 Å². The Labute approximate surface area is 66.7 Å². The number of amides is 1. The Balaban J connectivity index is 2.27. The summed E-state index contributed by atoms with van der Waals surface area (Å²) in [6.45, 7) is 0.859. The van der Waals surface area contributed by atoms with Crippen LogP contribution >= 0.6 is 0 Å². The molecule has 0 aromatic carbocycles. The van der Waals surface area contributed by atoms with Crippen molar-refractivity contribution in [1.82, 2.24) is 5.32 Å². The average molecular weight is 151 g/mol. The molecule has 0 aromatic heterocycles. The summed E-state index contributed by atoms with van der Waals surface area (Å²) < 4.78 is 0. The van der Waals surface area contributed by atoms with E-state index in [0.717, 1.165) is 25.0 Å². The molecule has 2 rings (SSSR count). The summed E-state index contributed by atoms with van der Waals surface area (Å²) in [7, 11) is 0. The molecule has 0 saturated carbocycles. The lowest BCUT2D eigenvalue weighted by atomic mass is 9.87. The van der Waals surface area contributed by atoms with Crippen LogP contribution in [0.15, 0.2) is 11.1 Å². The Hall–Kier alpha value is -0.790. The summed E-state index contributed by atoms with van der Waals surface area (Å²) in [5.41, 5.74) is 2.53. The van der Waals surface area contributed by atoms with Gasteiger partial charge >= 0.3 is 0 Å². The van der Waals surface area contributed by atoms with Crippen LogP contribution in [-0.2, 0) is 4.79 Å². The maximum atomic E-state index is 11.3. The van der Waals surface area contributed by atoms with E-state index in [-0.39, 0.29) is 5.91 Å². The Bertz CT molecular complexity index is 214. The molecule has 60 valence electrons. The molecule has 11 heavy (non-hydrogen) atoms. The fraction of sp³-hybridized carbons (Fsp3) is 0.667. The second-order valence-corrected chi connectivity index (χ2v) is 3.30. The fourth-order valence-electron chi connectivity index (χ4n) is 1.95. The second-order valence-electron chi connectivity index (χ2n) is 3.30. The molecule has 2 heteroatoms. The Kier molecular flexibility index (Phi) is 1.68. The standard InChI is InChI=1S/C9H13NO/c11-9-8-4-2-1-3-7(8)5-6-10-9/h1-6H2,(H,10,11). The topological polar surface area (TPSA) is 29.1 Å². The zero-order chi connectivity index (χ0) is 7.68. The van der Waals surface area contributed by atoms with Gasteiger partial charge in [0, 0.05) is 12.1 Å². The van der Waals surface area contributed by atoms with Crippen molar-refractivity contribution < 1.29 is 4.79 Å². The van der Waals surface area contributed by atoms with Gasteiger partial charge in [-0.25, -0.2) is 0 Å². The van der Waals surface area contributed by atoms with Crippen molar-refractivity contribution >= 4 is 5.91 Å². The fourth-order valence-corrected chi connectivity index (χ4v) is 1.95. The summed E-state index contributed by atoms with van der Waals surface area (Å²) in [4.78, 5) is 11.3. The third-order valence-electron chi connectivity index (χ3n) is 2.57. The van der Waals surface area contributed by atoms with Crippen molar-refractivity contribution in [2.24, 2.45) is 0 Å². The quantitative estimate of drug-likeness (QED) is 0.556. The summed E-state index contributed by atoms with van der Waals surface area (Å²) in [6.07, 6.45) is 5.77. The molecule has 0 bridgehead atoms. The van der Waals surface area contributed by atoms with Gasteiger partial charge in [0.2, 0.25) is 5.91 Å². The van der Waals surface area contributed by atoms with Crippen LogP contribution in [-0.4, -0.2) is 12.5 Å². The second kappa shape index (κ2) is 2.68. The first-order valence-electron chi connectivity index (χ1n) is 4.37. The van der Waals surface area contributed by atoms with Crippen LogP contribution < -0.4 is 5.32 Å². The van der Waals surface area contributed by atoms with Crippen molar-refractivity contribution in [3.8, 4) is 0 Å². The zero-order valence-corrected chi connectivity index (χ0v) is 6.65. The predicted molar refractivity (Wildman–Crippen MR) is 43.1 cm³/mol. The number of hydrogen-bond acceptors (Lipinski definition) is 1. The van der Waals surface area contributed by atoms with E-state index in [2.05, 4.69) is 5.32 Å². The molecule has 0 aromatic rings. The van der Waals surface area contributed by atoms with E-state index in [1.807, 2.05) is 0 Å². The molecule has 0 atom stereocenters. The third-order valence-corrected chi connectivity index (χ3v) is 2.57. The Morgan fingerprint density at radius 2 is 1.91 bits per heavy atom. The minimum absolute atomic E-state index is 0.200. The highest BCUT2D eigenvalue weighted by Crippen LogP contribution is 2.28. The van der Waals surface area contributed by atoms with E-state index >= 15 is 0 Å². The first-order chi connectivity index (χ1) is 5.38. The monoisotopic (exact) mass is 151 g/mol. The van der Waals surface area contributed by atoms with Gasteiger partial charge in [0.25, 0.3) is 0 Å². The maximum absolute atomic E-state index is 11.3. The maximum Gasteiger partial charge on any atom is 0.247 e. The lowest BCUT2D eigenvalue weighted by molar-refractivity contribution is -0.118. The molecular weight excluding hydrogens is 138 g/mol. The normalized spacial score (nSPS) is 24.5. The third kappa shape index (κ3) is 1.17. The van der Waals surface area contributed by atoms with Gasteiger partial charge in [-0.2, -0.15) is 0 Å². The minimum atomic E-state index is 0.200. The molecule has 2 aliphatic rings. The Morgan fingerprint density at radius 1 is 1.09 bits per heavy atom. The van der Waals surface area contributed by atoms with Crippen LogP contribution in [0.5, 0.6) is 0 Å². The predicted octanol–water partition coefficient (Wildman–Crippen LogP) is 1.38. The average Bonchev–Trinajstić information content (AvgIpc) is 2.06. The number of nitrogens with one attached hydrogen (secondary N) is 1. The number of rotatable bonds is 0. The van der Waals surface area contributed by atoms with E-state index in [4.69, 9.17) is 0 Å². The molecule has 0 spiro atoms. The Morgan fingerprint density at radius 3 is 2.73 bits per heavy atom. The largest absolute Gasteiger partial charge is 0.352 e. The SMILES string of the molecule is O=C1NCCC2=C1CCCC2. The molecule has 1 aliphatic carbocycles. The van der Waals surface area contributed by atoms with E-state index in [9.17, 15) is 4.79 Å². The zero-order valence-electron chi connectivity index (χ0n) is 6.65. The molecule has 1 amide bonds. The van der Waals surface area contributed by atoms with Crippen molar-refractivity contribution in [3.05, 3.63) is 11.1 Å². The summed E-state index contributed by atoms with van der Waals surface area (Å²) >= 11 is 0. The lowest BCUT2D eigenvalue weighted by Crippen LogP contribution is -2.32. The smallest absolute Gasteiger partial charge is 0.247 e. The molecule has 0 unspecified atom stereocenters. The van der Waals surface area contributed by atoms with E-state index in [0.29, 0.717) is 0 Å². The van der Waals surface area contributed by atoms with E-state index in [1.165, 1.54) is 24.8 Å². The van der Waals surface area contributed by atoms with Crippen LogP contribution in [0, 0.1) is 0 Å². The molecular formula is C9H13NO. The van der Waals surface area contributed by atoms with Crippen molar-refractivity contribution in [2.45, 2.75) is 32.1 Å². The van der Waals surface area contributed by atoms with Crippen LogP contribution in [0.25, 0.3) is 0 Å². The first kappa shape index (κ1) is 6.89. The van der Waals surface area contributed by atoms with Gasteiger partial charge in [-0.1, -0.05) is 5.57 Å². The summed E-state index contributed by atoms with van der Waals surface area (Å²) in [5, 5.41) is 2.88. The molecule has 0 fully saturated rings. The highest BCUT2D eigenvalue weighted by molar-refractivity contribution is 5.95. The van der Waals surface area contributed by atoms with E-state index in [1.54, 1.807) is 0 Å². The lowest BCUT2D eigenvalue weighted by Gasteiger charge is -2.24. The van der Waals surface area contributed by atoms with Crippen LogP contribution in [0.2, 0.25) is 0 Å². The highest BCUT2D eigenvalue weighted by Gasteiger charge is 2.21. The molecule has 0 saturated heterocycles. The van der Waals surface area contributed by atoms with Gasteiger partial charge < -0.3 is 5.32 Å². The minimum Gasteiger partial charge on any atom is -0.352 e. The van der Waals surface area contributed by atoms with Crippen molar-refractivity contribution in [3.63, 3.8) is 0 Å². The molecule has 1 heterocycles. The number of carbonyl (C=O) groups excluding carboxylic acids is 1. The molecule has 2 nitrogen and oxygen atoms in total. The van der Waals surface area contributed by atoms with Crippen LogP contribution in [0.3, 0.4) is 0 Å². The van der Waals surface area contributed by atoms with E-state index < -0.39 is 0 Å². The number of carbonyl (C=O) groups is 1. The first-order valence-corrected chi connectivity index (χ1v) is 4.37. The molecule has 1 N–H and O–H groups in total. The van der Waals surface area contributed by atoms with Crippen LogP contribution in [0.4, 0.5) is 0 Å². The highest BCUT2D eigenvalue weighted by atomic mass is 16.1. The van der Waals surface area contributed by atoms with Gasteiger partial charge in [0.05, 0.1) is 0 Å². The molecule has 1 aliphatic heterocycles.